The first-order chi connectivity index (χ1) is 9.23. The molecule has 5 atom stereocenters. The minimum Gasteiger partial charge on any atom is -0.459 e. The van der Waals surface area contributed by atoms with Gasteiger partial charge >= 0.3 is 5.97 Å². The highest BCUT2D eigenvalue weighted by molar-refractivity contribution is 5.86. The lowest BCUT2D eigenvalue weighted by atomic mass is 9.97. The molecular formula is C12H19NO7. The predicted octanol–water partition coefficient (Wildman–Crippen LogP) is -1.95. The van der Waals surface area contributed by atoms with Gasteiger partial charge in [0.15, 0.2) is 6.29 Å². The Morgan fingerprint density at radius 1 is 1.25 bits per heavy atom. The molecule has 1 amide bonds. The van der Waals surface area contributed by atoms with Gasteiger partial charge in [-0.2, -0.15) is 0 Å². The van der Waals surface area contributed by atoms with Gasteiger partial charge in [-0.3, -0.25) is 4.79 Å². The van der Waals surface area contributed by atoms with Gasteiger partial charge in [0, 0.05) is 12.5 Å². The van der Waals surface area contributed by atoms with Crippen LogP contribution in [0.4, 0.5) is 0 Å². The van der Waals surface area contributed by atoms with E-state index in [2.05, 4.69) is 11.9 Å². The average Bonchev–Trinajstić information content (AvgIpc) is 2.36. The van der Waals surface area contributed by atoms with E-state index < -0.39 is 42.5 Å². The highest BCUT2D eigenvalue weighted by Gasteiger charge is 2.44. The van der Waals surface area contributed by atoms with Crippen LogP contribution >= 0.6 is 0 Å². The lowest BCUT2D eigenvalue weighted by molar-refractivity contribution is -0.255. The van der Waals surface area contributed by atoms with Gasteiger partial charge in [0.2, 0.25) is 5.91 Å². The first-order valence-electron chi connectivity index (χ1n) is 6.03. The van der Waals surface area contributed by atoms with Crippen LogP contribution in [-0.4, -0.2) is 64.4 Å². The minimum atomic E-state index is -1.52. The van der Waals surface area contributed by atoms with Crippen molar-refractivity contribution in [2.75, 3.05) is 6.61 Å². The summed E-state index contributed by atoms with van der Waals surface area (Å²) in [5.41, 5.74) is 0.174. The summed E-state index contributed by atoms with van der Waals surface area (Å²) in [6, 6.07) is -1.16. The topological polar surface area (TPSA) is 125 Å². The van der Waals surface area contributed by atoms with Crippen LogP contribution < -0.4 is 5.32 Å². The molecule has 0 aromatic heterocycles. The van der Waals surface area contributed by atoms with Crippen molar-refractivity contribution in [3.63, 3.8) is 0 Å². The first kappa shape index (κ1) is 16.6. The van der Waals surface area contributed by atoms with Gasteiger partial charge in [-0.05, 0) is 6.92 Å². The van der Waals surface area contributed by atoms with E-state index in [1.807, 2.05) is 0 Å². The average molecular weight is 289 g/mol. The van der Waals surface area contributed by atoms with Gasteiger partial charge < -0.3 is 30.1 Å². The number of carbonyl (C=O) groups is 2. The number of rotatable bonds is 4. The Balaban J connectivity index is 2.63. The second-order valence-electron chi connectivity index (χ2n) is 4.65. The first-order valence-corrected chi connectivity index (χ1v) is 6.03. The maximum atomic E-state index is 11.2. The number of esters is 1. The van der Waals surface area contributed by atoms with E-state index in [-0.39, 0.29) is 12.2 Å². The summed E-state index contributed by atoms with van der Waals surface area (Å²) in [7, 11) is 0. The summed E-state index contributed by atoms with van der Waals surface area (Å²) in [6.45, 7) is 5.69. The Bertz CT molecular complexity index is 397. The highest BCUT2D eigenvalue weighted by atomic mass is 16.6. The third kappa shape index (κ3) is 4.01. The summed E-state index contributed by atoms with van der Waals surface area (Å²) in [5, 5.41) is 31.6. The zero-order chi connectivity index (χ0) is 15.4. The summed E-state index contributed by atoms with van der Waals surface area (Å²) in [6.07, 6.45) is -5.50. The largest absolute Gasteiger partial charge is 0.459 e. The molecule has 4 N–H and O–H groups in total. The molecule has 1 aliphatic heterocycles. The fourth-order valence-electron chi connectivity index (χ4n) is 1.76. The van der Waals surface area contributed by atoms with E-state index in [1.165, 1.54) is 13.8 Å². The number of carbonyl (C=O) groups excluding carboxylic acids is 2. The maximum absolute atomic E-state index is 11.2. The molecule has 8 nitrogen and oxygen atoms in total. The van der Waals surface area contributed by atoms with Crippen LogP contribution in [-0.2, 0) is 19.1 Å². The number of amides is 1. The van der Waals surface area contributed by atoms with E-state index in [9.17, 15) is 24.9 Å². The lowest BCUT2D eigenvalue weighted by Gasteiger charge is -2.40. The van der Waals surface area contributed by atoms with Crippen molar-refractivity contribution in [2.45, 2.75) is 44.5 Å². The summed E-state index contributed by atoms with van der Waals surface area (Å²) < 4.78 is 9.83. The highest BCUT2D eigenvalue weighted by Crippen LogP contribution is 2.20. The zero-order valence-electron chi connectivity index (χ0n) is 11.3. The van der Waals surface area contributed by atoms with Crippen LogP contribution in [0.15, 0.2) is 12.2 Å². The fourth-order valence-corrected chi connectivity index (χ4v) is 1.76. The Hall–Kier alpha value is -1.48. The van der Waals surface area contributed by atoms with Crippen molar-refractivity contribution in [3.05, 3.63) is 12.2 Å². The van der Waals surface area contributed by atoms with Crippen LogP contribution in [0.3, 0.4) is 0 Å². The molecule has 1 aliphatic rings. The van der Waals surface area contributed by atoms with E-state index >= 15 is 0 Å². The van der Waals surface area contributed by atoms with Crippen LogP contribution in [0.25, 0.3) is 0 Å². The van der Waals surface area contributed by atoms with Crippen molar-refractivity contribution in [2.24, 2.45) is 0 Å². The second kappa shape index (κ2) is 6.80. The number of hydrogen-bond donors (Lipinski definition) is 4. The molecule has 0 bridgehead atoms. The lowest BCUT2D eigenvalue weighted by Crippen LogP contribution is -2.64. The standard InChI is InChI=1S/C12H19NO7/c1-5(2)11(17)19-4-7-9(15)10(16)8(12(18)20-7)13-6(3)14/h7-10,12,15-16,18H,1,4H2,2-3H3,(H,13,14)/t7?,8?,9-,10-,12-/m1/s1. The Morgan fingerprint density at radius 2 is 1.85 bits per heavy atom. The van der Waals surface area contributed by atoms with Crippen molar-refractivity contribution < 1.29 is 34.4 Å². The molecule has 0 spiro atoms. The van der Waals surface area contributed by atoms with Crippen molar-refractivity contribution in [3.8, 4) is 0 Å². The number of aliphatic hydroxyl groups is 3. The Kier molecular flexibility index (Phi) is 5.63. The third-order valence-corrected chi connectivity index (χ3v) is 2.82. The molecule has 0 saturated carbocycles. The molecule has 2 unspecified atom stereocenters. The van der Waals surface area contributed by atoms with E-state index in [4.69, 9.17) is 9.47 Å². The minimum absolute atomic E-state index is 0.174. The Morgan fingerprint density at radius 3 is 2.35 bits per heavy atom. The molecule has 8 heteroatoms. The Labute approximate surface area is 116 Å². The molecule has 1 fully saturated rings. The van der Waals surface area contributed by atoms with E-state index in [0.29, 0.717) is 0 Å². The third-order valence-electron chi connectivity index (χ3n) is 2.82. The second-order valence-corrected chi connectivity index (χ2v) is 4.65. The van der Waals surface area contributed by atoms with Crippen molar-refractivity contribution in [1.82, 2.24) is 5.32 Å². The molecule has 1 saturated heterocycles. The summed E-state index contributed by atoms with van der Waals surface area (Å²) >= 11 is 0. The van der Waals surface area contributed by atoms with Gasteiger partial charge in [0.05, 0.1) is 0 Å². The molecule has 0 aromatic carbocycles. The van der Waals surface area contributed by atoms with Gasteiger partial charge in [0.1, 0.15) is 31.0 Å². The summed E-state index contributed by atoms with van der Waals surface area (Å²) in [4.78, 5) is 22.2. The molecule has 0 aromatic rings. The molecule has 0 radical (unpaired) electrons. The fraction of sp³-hybridized carbons (Fsp3) is 0.667. The summed E-state index contributed by atoms with van der Waals surface area (Å²) in [5.74, 6) is -1.16. The van der Waals surface area contributed by atoms with Crippen molar-refractivity contribution >= 4 is 11.9 Å². The molecule has 0 aliphatic carbocycles. The van der Waals surface area contributed by atoms with Gasteiger partial charge in [-0.15, -0.1) is 0 Å². The monoisotopic (exact) mass is 289 g/mol. The number of ether oxygens (including phenoxy) is 2. The molecule has 1 heterocycles. The quantitative estimate of drug-likeness (QED) is 0.350. The van der Waals surface area contributed by atoms with E-state index in [1.54, 1.807) is 0 Å². The molecule has 1 rings (SSSR count). The van der Waals surface area contributed by atoms with E-state index in [0.717, 1.165) is 0 Å². The predicted molar refractivity (Wildman–Crippen MR) is 66.3 cm³/mol. The smallest absolute Gasteiger partial charge is 0.333 e. The normalized spacial score (nSPS) is 33.4. The number of nitrogens with one attached hydrogen (secondary N) is 1. The molecule has 114 valence electrons. The van der Waals surface area contributed by atoms with Gasteiger partial charge in [-0.25, -0.2) is 4.79 Å². The molecular weight excluding hydrogens is 270 g/mol. The van der Waals surface area contributed by atoms with Crippen LogP contribution in [0.1, 0.15) is 13.8 Å². The van der Waals surface area contributed by atoms with Crippen LogP contribution in [0, 0.1) is 0 Å². The van der Waals surface area contributed by atoms with Crippen LogP contribution in [0.5, 0.6) is 0 Å². The zero-order valence-corrected chi connectivity index (χ0v) is 11.3. The SMILES string of the molecule is C=C(C)C(=O)OCC1O[C@@H](O)C(NC(C)=O)[C@@H](O)[C@@H]1O. The van der Waals surface area contributed by atoms with Gasteiger partial charge in [0.25, 0.3) is 0 Å². The number of hydrogen-bond acceptors (Lipinski definition) is 7. The molecule has 20 heavy (non-hydrogen) atoms. The van der Waals surface area contributed by atoms with Crippen LogP contribution in [0.2, 0.25) is 0 Å². The number of aliphatic hydroxyl groups excluding tert-OH is 3. The van der Waals surface area contributed by atoms with Gasteiger partial charge in [-0.1, -0.05) is 6.58 Å². The maximum Gasteiger partial charge on any atom is 0.333 e. The van der Waals surface area contributed by atoms with Crippen molar-refractivity contribution in [1.29, 1.82) is 0 Å².